The zero-order valence-electron chi connectivity index (χ0n) is 11.8. The van der Waals surface area contributed by atoms with Gasteiger partial charge in [-0.2, -0.15) is 0 Å². The second-order valence-corrected chi connectivity index (χ2v) is 5.64. The van der Waals surface area contributed by atoms with Crippen LogP contribution in [0.15, 0.2) is 0 Å². The molecule has 1 N–H and O–H groups in total. The number of piperazine rings is 1. The lowest BCUT2D eigenvalue weighted by atomic mass is 9.97. The SMILES string of the molecule is CCCC1CN(C(C)C(C)C)C(CC)CN1. The standard InChI is InChI=1S/C14H30N2/c1-6-8-13-10-16(12(5)11(3)4)14(7-2)9-15-13/h11-15H,6-10H2,1-5H3. The van der Waals surface area contributed by atoms with Gasteiger partial charge in [0.1, 0.15) is 0 Å². The highest BCUT2D eigenvalue weighted by Gasteiger charge is 2.30. The summed E-state index contributed by atoms with van der Waals surface area (Å²) in [7, 11) is 0. The molecular formula is C14H30N2. The molecule has 2 heteroatoms. The summed E-state index contributed by atoms with van der Waals surface area (Å²) in [5.41, 5.74) is 0. The highest BCUT2D eigenvalue weighted by molar-refractivity contribution is 4.88. The lowest BCUT2D eigenvalue weighted by Crippen LogP contribution is -2.59. The smallest absolute Gasteiger partial charge is 0.0221 e. The quantitative estimate of drug-likeness (QED) is 0.775. The van der Waals surface area contributed by atoms with Crippen molar-refractivity contribution in [2.24, 2.45) is 5.92 Å². The maximum atomic E-state index is 3.70. The Balaban J connectivity index is 2.59. The topological polar surface area (TPSA) is 15.3 Å². The molecule has 1 saturated heterocycles. The van der Waals surface area contributed by atoms with Crippen molar-refractivity contribution in [3.8, 4) is 0 Å². The van der Waals surface area contributed by atoms with Crippen LogP contribution >= 0.6 is 0 Å². The molecular weight excluding hydrogens is 196 g/mol. The molecule has 1 aliphatic rings. The lowest BCUT2D eigenvalue weighted by Gasteiger charge is -2.45. The molecule has 1 fully saturated rings. The van der Waals surface area contributed by atoms with Crippen molar-refractivity contribution in [3.05, 3.63) is 0 Å². The first-order valence-corrected chi connectivity index (χ1v) is 7.09. The van der Waals surface area contributed by atoms with E-state index in [-0.39, 0.29) is 0 Å². The van der Waals surface area contributed by atoms with Gasteiger partial charge in [-0.25, -0.2) is 0 Å². The minimum atomic E-state index is 0.714. The van der Waals surface area contributed by atoms with E-state index in [0.717, 1.165) is 12.0 Å². The van der Waals surface area contributed by atoms with E-state index in [4.69, 9.17) is 0 Å². The molecule has 0 aromatic carbocycles. The predicted octanol–water partition coefficient (Wildman–Crippen LogP) is 2.88. The summed E-state index contributed by atoms with van der Waals surface area (Å²) in [5.74, 6) is 0.759. The molecule has 96 valence electrons. The van der Waals surface area contributed by atoms with E-state index in [9.17, 15) is 0 Å². The Morgan fingerprint density at radius 1 is 1.25 bits per heavy atom. The molecule has 0 amide bonds. The molecule has 1 heterocycles. The first-order chi connectivity index (χ1) is 7.60. The normalized spacial score (nSPS) is 29.6. The Bertz CT molecular complexity index is 189. The molecule has 0 radical (unpaired) electrons. The van der Waals surface area contributed by atoms with Gasteiger partial charge < -0.3 is 5.32 Å². The number of hydrogen-bond donors (Lipinski definition) is 1. The third kappa shape index (κ3) is 3.46. The Morgan fingerprint density at radius 3 is 2.44 bits per heavy atom. The summed E-state index contributed by atoms with van der Waals surface area (Å²) in [6, 6.07) is 2.17. The van der Waals surface area contributed by atoms with Crippen LogP contribution < -0.4 is 5.32 Å². The number of rotatable bonds is 5. The van der Waals surface area contributed by atoms with Crippen LogP contribution in [0.5, 0.6) is 0 Å². The summed E-state index contributed by atoms with van der Waals surface area (Å²) in [4.78, 5) is 2.74. The van der Waals surface area contributed by atoms with E-state index in [1.165, 1.54) is 32.4 Å². The van der Waals surface area contributed by atoms with Gasteiger partial charge in [-0.05, 0) is 25.7 Å². The van der Waals surface area contributed by atoms with Gasteiger partial charge in [0.2, 0.25) is 0 Å². The molecule has 0 aromatic heterocycles. The second-order valence-electron chi connectivity index (χ2n) is 5.64. The molecule has 16 heavy (non-hydrogen) atoms. The van der Waals surface area contributed by atoms with Gasteiger partial charge in [0.25, 0.3) is 0 Å². The van der Waals surface area contributed by atoms with Crippen LogP contribution in [0, 0.1) is 5.92 Å². The molecule has 3 atom stereocenters. The maximum Gasteiger partial charge on any atom is 0.0221 e. The Morgan fingerprint density at radius 2 is 1.94 bits per heavy atom. The maximum absolute atomic E-state index is 3.70. The fourth-order valence-corrected chi connectivity index (χ4v) is 2.69. The average Bonchev–Trinajstić information content (AvgIpc) is 2.28. The second kappa shape index (κ2) is 6.61. The van der Waals surface area contributed by atoms with E-state index >= 15 is 0 Å². The zero-order valence-corrected chi connectivity index (χ0v) is 11.8. The molecule has 0 spiro atoms. The third-order valence-electron chi connectivity index (χ3n) is 4.14. The van der Waals surface area contributed by atoms with Gasteiger partial charge >= 0.3 is 0 Å². The molecule has 1 aliphatic heterocycles. The van der Waals surface area contributed by atoms with Crippen molar-refractivity contribution in [3.63, 3.8) is 0 Å². The Kier molecular flexibility index (Phi) is 5.77. The van der Waals surface area contributed by atoms with Crippen molar-refractivity contribution in [2.45, 2.75) is 72.0 Å². The summed E-state index contributed by atoms with van der Waals surface area (Å²) in [5, 5.41) is 3.70. The van der Waals surface area contributed by atoms with E-state index in [1.54, 1.807) is 0 Å². The average molecular weight is 226 g/mol. The largest absolute Gasteiger partial charge is 0.311 e. The first kappa shape index (κ1) is 14.0. The van der Waals surface area contributed by atoms with E-state index in [2.05, 4.69) is 44.8 Å². The molecule has 0 aliphatic carbocycles. The Hall–Kier alpha value is -0.0800. The summed E-state index contributed by atoms with van der Waals surface area (Å²) >= 11 is 0. The minimum Gasteiger partial charge on any atom is -0.311 e. The van der Waals surface area contributed by atoms with Crippen molar-refractivity contribution < 1.29 is 0 Å². The van der Waals surface area contributed by atoms with Crippen LogP contribution in [-0.4, -0.2) is 36.1 Å². The van der Waals surface area contributed by atoms with Crippen LogP contribution in [0.3, 0.4) is 0 Å². The van der Waals surface area contributed by atoms with Crippen LogP contribution in [0.1, 0.15) is 53.9 Å². The van der Waals surface area contributed by atoms with Gasteiger partial charge in [-0.15, -0.1) is 0 Å². The highest BCUT2D eigenvalue weighted by Crippen LogP contribution is 2.20. The summed E-state index contributed by atoms with van der Waals surface area (Å²) in [6.07, 6.45) is 3.87. The molecule has 0 bridgehead atoms. The monoisotopic (exact) mass is 226 g/mol. The molecule has 0 aromatic rings. The predicted molar refractivity (Wildman–Crippen MR) is 71.8 cm³/mol. The van der Waals surface area contributed by atoms with Crippen LogP contribution in [0.4, 0.5) is 0 Å². The summed E-state index contributed by atoms with van der Waals surface area (Å²) < 4.78 is 0. The summed E-state index contributed by atoms with van der Waals surface area (Å²) in [6.45, 7) is 14.1. The lowest BCUT2D eigenvalue weighted by molar-refractivity contribution is 0.0630. The number of nitrogens with one attached hydrogen (secondary N) is 1. The fourth-order valence-electron chi connectivity index (χ4n) is 2.69. The van der Waals surface area contributed by atoms with Crippen LogP contribution in [-0.2, 0) is 0 Å². The Labute approximate surface area is 102 Å². The molecule has 2 nitrogen and oxygen atoms in total. The minimum absolute atomic E-state index is 0.714. The van der Waals surface area contributed by atoms with Crippen molar-refractivity contribution in [2.75, 3.05) is 13.1 Å². The van der Waals surface area contributed by atoms with Gasteiger partial charge in [-0.1, -0.05) is 34.1 Å². The van der Waals surface area contributed by atoms with Crippen molar-refractivity contribution in [1.29, 1.82) is 0 Å². The third-order valence-corrected chi connectivity index (χ3v) is 4.14. The van der Waals surface area contributed by atoms with Gasteiger partial charge in [0.15, 0.2) is 0 Å². The first-order valence-electron chi connectivity index (χ1n) is 7.09. The van der Waals surface area contributed by atoms with Crippen molar-refractivity contribution >= 4 is 0 Å². The van der Waals surface area contributed by atoms with Gasteiger partial charge in [0, 0.05) is 31.2 Å². The molecule has 3 unspecified atom stereocenters. The fraction of sp³-hybridized carbons (Fsp3) is 1.00. The number of hydrogen-bond acceptors (Lipinski definition) is 2. The number of nitrogens with zero attached hydrogens (tertiary/aromatic N) is 1. The van der Waals surface area contributed by atoms with Crippen molar-refractivity contribution in [1.82, 2.24) is 10.2 Å². The van der Waals surface area contributed by atoms with Crippen LogP contribution in [0.2, 0.25) is 0 Å². The van der Waals surface area contributed by atoms with Crippen LogP contribution in [0.25, 0.3) is 0 Å². The zero-order chi connectivity index (χ0) is 12.1. The molecule has 0 saturated carbocycles. The van der Waals surface area contributed by atoms with Gasteiger partial charge in [-0.3, -0.25) is 4.90 Å². The van der Waals surface area contributed by atoms with Gasteiger partial charge in [0.05, 0.1) is 0 Å². The van der Waals surface area contributed by atoms with E-state index < -0.39 is 0 Å². The van der Waals surface area contributed by atoms with E-state index in [1.807, 2.05) is 0 Å². The van der Waals surface area contributed by atoms with E-state index in [0.29, 0.717) is 12.1 Å². The highest BCUT2D eigenvalue weighted by atomic mass is 15.3. The molecule has 1 rings (SSSR count).